The zero-order valence-electron chi connectivity index (χ0n) is 13.7. The van der Waals surface area contributed by atoms with Crippen molar-refractivity contribution >= 4 is 17.9 Å². The van der Waals surface area contributed by atoms with Crippen molar-refractivity contribution in [3.05, 3.63) is 65.2 Å². The maximum absolute atomic E-state index is 12.1. The first kappa shape index (κ1) is 16.6. The number of benzene rings is 2. The van der Waals surface area contributed by atoms with Crippen LogP contribution >= 0.6 is 0 Å². The fraction of sp³-hybridized carbons (Fsp3) is 0.158. The number of carbonyl (C=O) groups is 2. The van der Waals surface area contributed by atoms with Gasteiger partial charge in [0.2, 0.25) is 0 Å². The zero-order chi connectivity index (χ0) is 17.6. The van der Waals surface area contributed by atoms with Crippen LogP contribution in [0.2, 0.25) is 0 Å². The number of rotatable bonds is 3. The van der Waals surface area contributed by atoms with Gasteiger partial charge in [0.1, 0.15) is 13.2 Å². The second kappa shape index (κ2) is 7.53. The topological polar surface area (TPSA) is 76.7 Å². The number of amides is 2. The Morgan fingerprint density at radius 2 is 1.80 bits per heavy atom. The van der Waals surface area contributed by atoms with E-state index in [4.69, 9.17) is 9.47 Å². The molecule has 128 valence electrons. The normalized spacial score (nSPS) is 12.7. The molecule has 1 aliphatic rings. The predicted molar refractivity (Wildman–Crippen MR) is 93.3 cm³/mol. The number of nitrogens with one attached hydrogen (secondary N) is 2. The molecule has 0 aromatic heterocycles. The van der Waals surface area contributed by atoms with Crippen molar-refractivity contribution in [1.29, 1.82) is 0 Å². The van der Waals surface area contributed by atoms with Crippen LogP contribution in [0.15, 0.2) is 48.5 Å². The second-order valence-electron chi connectivity index (χ2n) is 5.55. The van der Waals surface area contributed by atoms with Crippen LogP contribution < -0.4 is 20.3 Å². The molecule has 2 N–H and O–H groups in total. The lowest BCUT2D eigenvalue weighted by molar-refractivity contribution is -0.117. The van der Waals surface area contributed by atoms with Crippen molar-refractivity contribution in [1.82, 2.24) is 10.9 Å². The monoisotopic (exact) mass is 338 g/mol. The SMILES string of the molecule is Cc1cccc(/C=C/C(=O)NNC(=O)c2ccc3c(c2)OCCO3)c1. The molecule has 0 radical (unpaired) electrons. The van der Waals surface area contributed by atoms with E-state index >= 15 is 0 Å². The Morgan fingerprint density at radius 3 is 2.60 bits per heavy atom. The molecular weight excluding hydrogens is 320 g/mol. The largest absolute Gasteiger partial charge is 0.486 e. The summed E-state index contributed by atoms with van der Waals surface area (Å²) in [5.41, 5.74) is 7.10. The van der Waals surface area contributed by atoms with Crippen LogP contribution in [0.25, 0.3) is 6.08 Å². The van der Waals surface area contributed by atoms with Crippen LogP contribution in [0, 0.1) is 6.92 Å². The molecule has 3 rings (SSSR count). The number of aryl methyl sites for hydroxylation is 1. The van der Waals surface area contributed by atoms with Crippen molar-refractivity contribution in [3.63, 3.8) is 0 Å². The van der Waals surface area contributed by atoms with Gasteiger partial charge < -0.3 is 9.47 Å². The van der Waals surface area contributed by atoms with Crippen LogP contribution in [-0.2, 0) is 4.79 Å². The molecule has 2 aromatic carbocycles. The van der Waals surface area contributed by atoms with Gasteiger partial charge in [0.05, 0.1) is 0 Å². The molecule has 2 amide bonds. The molecule has 1 heterocycles. The summed E-state index contributed by atoms with van der Waals surface area (Å²) in [4.78, 5) is 23.9. The van der Waals surface area contributed by atoms with E-state index in [-0.39, 0.29) is 0 Å². The molecule has 0 spiro atoms. The number of hydrazine groups is 1. The van der Waals surface area contributed by atoms with Gasteiger partial charge in [-0.25, -0.2) is 0 Å². The highest BCUT2D eigenvalue weighted by Gasteiger charge is 2.15. The molecule has 2 aromatic rings. The van der Waals surface area contributed by atoms with Crippen LogP contribution in [-0.4, -0.2) is 25.0 Å². The van der Waals surface area contributed by atoms with Gasteiger partial charge in [-0.05, 0) is 36.8 Å². The van der Waals surface area contributed by atoms with E-state index in [9.17, 15) is 9.59 Å². The Bertz CT molecular complexity index is 830. The summed E-state index contributed by atoms with van der Waals surface area (Å²) in [6.07, 6.45) is 3.04. The molecule has 0 aliphatic carbocycles. The Labute approximate surface area is 145 Å². The standard InChI is InChI=1S/C19H18N2O4/c1-13-3-2-4-14(11-13)5-8-18(22)20-21-19(23)15-6-7-16-17(12-15)25-10-9-24-16/h2-8,11-12H,9-10H2,1H3,(H,20,22)(H,21,23)/b8-5+. The molecule has 6 heteroatoms. The Morgan fingerprint density at radius 1 is 1.00 bits per heavy atom. The molecule has 0 saturated carbocycles. The lowest BCUT2D eigenvalue weighted by Gasteiger charge is -2.18. The number of hydrogen-bond donors (Lipinski definition) is 2. The van der Waals surface area contributed by atoms with Gasteiger partial charge in [-0.15, -0.1) is 0 Å². The quantitative estimate of drug-likeness (QED) is 0.665. The van der Waals surface area contributed by atoms with Gasteiger partial charge in [0, 0.05) is 11.6 Å². The highest BCUT2D eigenvalue weighted by Crippen LogP contribution is 2.30. The molecular formula is C19H18N2O4. The first-order valence-electron chi connectivity index (χ1n) is 7.86. The summed E-state index contributed by atoms with van der Waals surface area (Å²) < 4.78 is 10.8. The summed E-state index contributed by atoms with van der Waals surface area (Å²) >= 11 is 0. The summed E-state index contributed by atoms with van der Waals surface area (Å²) in [5, 5.41) is 0. The van der Waals surface area contributed by atoms with E-state index in [0.717, 1.165) is 11.1 Å². The van der Waals surface area contributed by atoms with E-state index in [1.54, 1.807) is 24.3 Å². The Balaban J connectivity index is 1.56. The van der Waals surface area contributed by atoms with Crippen LogP contribution in [0.1, 0.15) is 21.5 Å². The van der Waals surface area contributed by atoms with Gasteiger partial charge in [0.15, 0.2) is 11.5 Å². The number of fused-ring (bicyclic) bond motifs is 1. The van der Waals surface area contributed by atoms with E-state index in [1.807, 2.05) is 31.2 Å². The maximum Gasteiger partial charge on any atom is 0.269 e. The second-order valence-corrected chi connectivity index (χ2v) is 5.55. The molecule has 6 nitrogen and oxygen atoms in total. The van der Waals surface area contributed by atoms with Gasteiger partial charge in [0.25, 0.3) is 11.8 Å². The third kappa shape index (κ3) is 4.38. The van der Waals surface area contributed by atoms with Gasteiger partial charge in [-0.2, -0.15) is 0 Å². The molecule has 0 atom stereocenters. The number of carbonyl (C=O) groups excluding carboxylic acids is 2. The third-order valence-electron chi connectivity index (χ3n) is 3.57. The van der Waals surface area contributed by atoms with Gasteiger partial charge >= 0.3 is 0 Å². The van der Waals surface area contributed by atoms with Crippen molar-refractivity contribution in [3.8, 4) is 11.5 Å². The Hall–Kier alpha value is -3.28. The first-order valence-corrected chi connectivity index (χ1v) is 7.86. The lowest BCUT2D eigenvalue weighted by atomic mass is 10.1. The van der Waals surface area contributed by atoms with Crippen molar-refractivity contribution in [2.45, 2.75) is 6.92 Å². The van der Waals surface area contributed by atoms with E-state index in [1.165, 1.54) is 6.08 Å². The molecule has 1 aliphatic heterocycles. The maximum atomic E-state index is 12.1. The predicted octanol–water partition coefficient (Wildman–Crippen LogP) is 2.24. The first-order chi connectivity index (χ1) is 12.1. The van der Waals surface area contributed by atoms with Gasteiger partial charge in [-0.1, -0.05) is 29.8 Å². The zero-order valence-corrected chi connectivity index (χ0v) is 13.7. The molecule has 0 fully saturated rings. The number of hydrogen-bond acceptors (Lipinski definition) is 4. The number of ether oxygens (including phenoxy) is 2. The smallest absolute Gasteiger partial charge is 0.269 e. The van der Waals surface area contributed by atoms with Crippen LogP contribution in [0.5, 0.6) is 11.5 Å². The van der Waals surface area contributed by atoms with Crippen molar-refractivity contribution in [2.24, 2.45) is 0 Å². The average Bonchev–Trinajstić information content (AvgIpc) is 2.64. The molecule has 0 unspecified atom stereocenters. The minimum Gasteiger partial charge on any atom is -0.486 e. The minimum absolute atomic E-state index is 0.368. The average molecular weight is 338 g/mol. The van der Waals surface area contributed by atoms with E-state index in [2.05, 4.69) is 10.9 Å². The van der Waals surface area contributed by atoms with Crippen molar-refractivity contribution < 1.29 is 19.1 Å². The summed E-state index contributed by atoms with van der Waals surface area (Å²) in [7, 11) is 0. The van der Waals surface area contributed by atoms with E-state index < -0.39 is 11.8 Å². The summed E-state index contributed by atoms with van der Waals surface area (Å²) in [6, 6.07) is 12.6. The molecule has 0 saturated heterocycles. The van der Waals surface area contributed by atoms with Crippen molar-refractivity contribution in [2.75, 3.05) is 13.2 Å². The minimum atomic E-state index is -0.436. The van der Waals surface area contributed by atoms with Crippen LogP contribution in [0.4, 0.5) is 0 Å². The summed E-state index contributed by atoms with van der Waals surface area (Å²) in [5.74, 6) is 0.263. The highest BCUT2D eigenvalue weighted by molar-refractivity contribution is 5.98. The van der Waals surface area contributed by atoms with Gasteiger partial charge in [-0.3, -0.25) is 20.4 Å². The van der Waals surface area contributed by atoms with E-state index in [0.29, 0.717) is 30.3 Å². The fourth-order valence-electron chi connectivity index (χ4n) is 2.36. The summed E-state index contributed by atoms with van der Waals surface area (Å²) in [6.45, 7) is 2.91. The third-order valence-corrected chi connectivity index (χ3v) is 3.57. The highest BCUT2D eigenvalue weighted by atomic mass is 16.6. The molecule has 25 heavy (non-hydrogen) atoms. The van der Waals surface area contributed by atoms with Crippen LogP contribution in [0.3, 0.4) is 0 Å². The fourth-order valence-corrected chi connectivity index (χ4v) is 2.36. The lowest BCUT2D eigenvalue weighted by Crippen LogP contribution is -2.40. The Kier molecular flexibility index (Phi) is 4.99. The molecule has 0 bridgehead atoms.